The first-order valence-corrected chi connectivity index (χ1v) is 10.0. The second-order valence-corrected chi connectivity index (χ2v) is 8.54. The van der Waals surface area contributed by atoms with Crippen molar-refractivity contribution in [3.05, 3.63) is 48.2 Å². The van der Waals surface area contributed by atoms with Crippen LogP contribution in [0, 0.1) is 11.8 Å². The first-order valence-electron chi connectivity index (χ1n) is 10.0. The Bertz CT molecular complexity index is 870. The average Bonchev–Trinajstić information content (AvgIpc) is 3.07. The molecule has 4 heteroatoms. The van der Waals surface area contributed by atoms with Gasteiger partial charge in [0.05, 0.1) is 7.11 Å². The number of carbonyl (C=O) groups excluding carboxylic acids is 1. The van der Waals surface area contributed by atoms with Crippen molar-refractivity contribution >= 4 is 16.9 Å². The number of benzene rings is 1. The first kappa shape index (κ1) is 18.3. The van der Waals surface area contributed by atoms with E-state index in [9.17, 15) is 4.79 Å². The number of nitrogens with one attached hydrogen (secondary N) is 1. The fourth-order valence-corrected chi connectivity index (χ4v) is 5.44. The van der Waals surface area contributed by atoms with Crippen molar-refractivity contribution < 1.29 is 9.53 Å². The van der Waals surface area contributed by atoms with Crippen LogP contribution >= 0.6 is 0 Å². The maximum atomic E-state index is 13.0. The van der Waals surface area contributed by atoms with Crippen LogP contribution in [0.15, 0.2) is 36.9 Å². The Hall–Kier alpha value is -2.07. The number of fused-ring (bicyclic) bond motifs is 5. The molecule has 4 rings (SSSR count). The van der Waals surface area contributed by atoms with Crippen LogP contribution in [0.2, 0.25) is 0 Å². The van der Waals surface area contributed by atoms with Crippen LogP contribution in [0.25, 0.3) is 10.9 Å². The van der Waals surface area contributed by atoms with E-state index >= 15 is 0 Å². The third kappa shape index (κ3) is 2.91. The monoisotopic (exact) mass is 366 g/mol. The van der Waals surface area contributed by atoms with Crippen LogP contribution in [0.3, 0.4) is 0 Å². The van der Waals surface area contributed by atoms with Gasteiger partial charge in [0.2, 0.25) is 0 Å². The minimum absolute atomic E-state index is 0.141. The van der Waals surface area contributed by atoms with Crippen LogP contribution < -0.4 is 0 Å². The van der Waals surface area contributed by atoms with Crippen LogP contribution in [0.4, 0.5) is 0 Å². The number of piperidine rings is 1. The largest absolute Gasteiger partial charge is 0.468 e. The number of hydrogen-bond acceptors (Lipinski definition) is 3. The van der Waals surface area contributed by atoms with E-state index < -0.39 is 5.41 Å². The van der Waals surface area contributed by atoms with Crippen LogP contribution in [0.1, 0.15) is 37.9 Å². The van der Waals surface area contributed by atoms with Gasteiger partial charge in [0.15, 0.2) is 0 Å². The highest BCUT2D eigenvalue weighted by atomic mass is 16.5. The van der Waals surface area contributed by atoms with E-state index in [-0.39, 0.29) is 5.97 Å². The van der Waals surface area contributed by atoms with Gasteiger partial charge in [-0.05, 0) is 56.6 Å². The molecule has 2 aliphatic heterocycles. The number of H-pyrrole nitrogens is 1. The second-order valence-electron chi connectivity index (χ2n) is 8.54. The maximum absolute atomic E-state index is 13.0. The highest BCUT2D eigenvalue weighted by Crippen LogP contribution is 2.42. The standard InChI is InChI=1S/C23H30N2O2/c1-5-17-12-16-13-23(3,22(26)27-4)21-19(10-11-25(14-16)15(17)2)18-8-6-7-9-20(18)24-21/h5-9,15-17,24H,1,10-14H2,2-4H3/t15?,16?,17?,23-/m0/s1. The Balaban J connectivity index is 1.87. The molecule has 1 N–H and O–H groups in total. The Morgan fingerprint density at radius 1 is 1.41 bits per heavy atom. The molecule has 5 atom stereocenters. The number of aromatic amines is 1. The predicted octanol–water partition coefficient (Wildman–Crippen LogP) is 4.06. The number of carbonyl (C=O) groups is 1. The van der Waals surface area contributed by atoms with Gasteiger partial charge in [-0.3, -0.25) is 9.69 Å². The Morgan fingerprint density at radius 3 is 2.93 bits per heavy atom. The Morgan fingerprint density at radius 2 is 2.19 bits per heavy atom. The lowest BCUT2D eigenvalue weighted by Gasteiger charge is -2.43. The summed E-state index contributed by atoms with van der Waals surface area (Å²) in [4.78, 5) is 19.2. The number of aromatic nitrogens is 1. The van der Waals surface area contributed by atoms with E-state index in [2.05, 4.69) is 54.6 Å². The molecule has 0 amide bonds. The van der Waals surface area contributed by atoms with Gasteiger partial charge < -0.3 is 9.72 Å². The van der Waals surface area contributed by atoms with Crippen LogP contribution in [0.5, 0.6) is 0 Å². The molecule has 2 bridgehead atoms. The zero-order chi connectivity index (χ0) is 19.2. The van der Waals surface area contributed by atoms with Crippen molar-refractivity contribution in [2.75, 3.05) is 20.2 Å². The zero-order valence-electron chi connectivity index (χ0n) is 16.6. The second kappa shape index (κ2) is 6.83. The molecule has 1 fully saturated rings. The van der Waals surface area contributed by atoms with Crippen molar-refractivity contribution in [2.45, 2.75) is 44.6 Å². The summed E-state index contributed by atoms with van der Waals surface area (Å²) < 4.78 is 5.30. The van der Waals surface area contributed by atoms with Gasteiger partial charge in [0.1, 0.15) is 5.41 Å². The average molecular weight is 367 g/mol. The fourth-order valence-electron chi connectivity index (χ4n) is 5.44. The van der Waals surface area contributed by atoms with E-state index in [0.29, 0.717) is 17.9 Å². The number of esters is 1. The molecular formula is C23H30N2O2. The molecule has 1 aromatic heterocycles. The molecule has 1 saturated heterocycles. The van der Waals surface area contributed by atoms with E-state index in [1.165, 1.54) is 18.1 Å². The molecule has 27 heavy (non-hydrogen) atoms. The predicted molar refractivity (Wildman–Crippen MR) is 109 cm³/mol. The lowest BCUT2D eigenvalue weighted by Crippen LogP contribution is -2.48. The highest BCUT2D eigenvalue weighted by molar-refractivity contribution is 5.90. The van der Waals surface area contributed by atoms with Gasteiger partial charge in [-0.15, -0.1) is 6.58 Å². The molecule has 0 saturated carbocycles. The summed E-state index contributed by atoms with van der Waals surface area (Å²) in [5.74, 6) is 0.780. The fraction of sp³-hybridized carbons (Fsp3) is 0.522. The molecular weight excluding hydrogens is 336 g/mol. The summed E-state index contributed by atoms with van der Waals surface area (Å²) >= 11 is 0. The summed E-state index contributed by atoms with van der Waals surface area (Å²) in [5, 5.41) is 1.23. The minimum atomic E-state index is -0.657. The Kier molecular flexibility index (Phi) is 4.63. The van der Waals surface area contributed by atoms with Crippen molar-refractivity contribution in [2.24, 2.45) is 11.8 Å². The first-order chi connectivity index (χ1) is 13.0. The highest BCUT2D eigenvalue weighted by Gasteiger charge is 2.45. The van der Waals surface area contributed by atoms with E-state index in [0.717, 1.165) is 43.6 Å². The molecule has 0 radical (unpaired) electrons. The molecule has 144 valence electrons. The number of para-hydroxylation sites is 1. The molecule has 1 aromatic carbocycles. The molecule has 4 nitrogen and oxygen atoms in total. The third-order valence-corrected chi connectivity index (χ3v) is 6.94. The van der Waals surface area contributed by atoms with Gasteiger partial charge in [0, 0.05) is 35.7 Å². The quantitative estimate of drug-likeness (QED) is 0.644. The number of methoxy groups -OCH3 is 1. The lowest BCUT2D eigenvalue weighted by atomic mass is 9.72. The van der Waals surface area contributed by atoms with Gasteiger partial charge in [-0.1, -0.05) is 24.3 Å². The number of nitrogens with zero attached hydrogens (tertiary/aromatic N) is 1. The van der Waals surface area contributed by atoms with Gasteiger partial charge in [-0.25, -0.2) is 0 Å². The Labute approximate surface area is 161 Å². The normalized spacial score (nSPS) is 33.4. The third-order valence-electron chi connectivity index (χ3n) is 6.94. The molecule has 2 aliphatic rings. The number of hydrogen-bond donors (Lipinski definition) is 1. The molecule has 0 spiro atoms. The summed E-state index contributed by atoms with van der Waals surface area (Å²) in [6, 6.07) is 8.88. The lowest BCUT2D eigenvalue weighted by molar-refractivity contribution is -0.148. The topological polar surface area (TPSA) is 45.3 Å². The van der Waals surface area contributed by atoms with Crippen LogP contribution in [-0.4, -0.2) is 42.1 Å². The number of ether oxygens (including phenoxy) is 1. The summed E-state index contributed by atoms with van der Waals surface area (Å²) in [7, 11) is 1.50. The van der Waals surface area contributed by atoms with Gasteiger partial charge >= 0.3 is 5.97 Å². The molecule has 2 aromatic rings. The van der Waals surface area contributed by atoms with Crippen molar-refractivity contribution in [1.82, 2.24) is 9.88 Å². The smallest absolute Gasteiger partial charge is 0.317 e. The van der Waals surface area contributed by atoms with Crippen molar-refractivity contribution in [1.29, 1.82) is 0 Å². The molecule has 0 aliphatic carbocycles. The molecule has 3 heterocycles. The van der Waals surface area contributed by atoms with Gasteiger partial charge in [0.25, 0.3) is 0 Å². The summed E-state index contributed by atoms with van der Waals surface area (Å²) in [5.41, 5.74) is 2.77. The minimum Gasteiger partial charge on any atom is -0.468 e. The molecule has 4 unspecified atom stereocenters. The van der Waals surface area contributed by atoms with E-state index in [1.807, 2.05) is 6.07 Å². The van der Waals surface area contributed by atoms with E-state index in [1.54, 1.807) is 0 Å². The van der Waals surface area contributed by atoms with Crippen molar-refractivity contribution in [3.8, 4) is 0 Å². The zero-order valence-corrected chi connectivity index (χ0v) is 16.6. The maximum Gasteiger partial charge on any atom is 0.317 e. The summed E-state index contributed by atoms with van der Waals surface area (Å²) in [6.07, 6.45) is 4.93. The van der Waals surface area contributed by atoms with Gasteiger partial charge in [-0.2, -0.15) is 0 Å². The number of rotatable bonds is 2. The van der Waals surface area contributed by atoms with E-state index in [4.69, 9.17) is 4.74 Å². The van der Waals surface area contributed by atoms with Crippen molar-refractivity contribution in [3.63, 3.8) is 0 Å². The summed E-state index contributed by atoms with van der Waals surface area (Å²) in [6.45, 7) is 10.5. The van der Waals surface area contributed by atoms with Crippen LogP contribution in [-0.2, 0) is 21.4 Å². The SMILES string of the molecule is C=CC1CC2CN(CCc3c([nH]c4ccccc34)[C@@](C)(C(=O)OC)C2)C1C.